The SMILES string of the molecule is CC(C)(C)OC(=O)N1CCC(CCCCC(=O)C2CCCC2)CC1. The number of unbranched alkanes of at least 4 members (excludes halogenated alkanes) is 1. The summed E-state index contributed by atoms with van der Waals surface area (Å²) < 4.78 is 5.44. The molecule has 4 heteroatoms. The topological polar surface area (TPSA) is 46.6 Å². The maximum absolute atomic E-state index is 12.1. The predicted octanol–water partition coefficient (Wildman–Crippen LogP) is 4.95. The van der Waals surface area contributed by atoms with Gasteiger partial charge >= 0.3 is 6.09 Å². The van der Waals surface area contributed by atoms with Gasteiger partial charge in [-0.25, -0.2) is 4.79 Å². The molecule has 1 saturated carbocycles. The zero-order valence-electron chi connectivity index (χ0n) is 15.8. The molecule has 1 heterocycles. The van der Waals surface area contributed by atoms with Gasteiger partial charge in [0.05, 0.1) is 0 Å². The summed E-state index contributed by atoms with van der Waals surface area (Å²) in [7, 11) is 0. The Morgan fingerprint density at radius 3 is 2.21 bits per heavy atom. The van der Waals surface area contributed by atoms with E-state index in [2.05, 4.69) is 0 Å². The molecule has 0 N–H and O–H groups in total. The number of nitrogens with zero attached hydrogens (tertiary/aromatic N) is 1. The van der Waals surface area contributed by atoms with E-state index in [1.165, 1.54) is 19.3 Å². The Bertz CT molecular complexity index is 413. The molecule has 24 heavy (non-hydrogen) atoms. The van der Waals surface area contributed by atoms with Gasteiger partial charge in [-0.1, -0.05) is 25.7 Å². The molecule has 2 fully saturated rings. The Kier molecular flexibility index (Phi) is 7.12. The van der Waals surface area contributed by atoms with Gasteiger partial charge in [-0.2, -0.15) is 0 Å². The molecule has 0 atom stereocenters. The van der Waals surface area contributed by atoms with Crippen LogP contribution in [0.15, 0.2) is 0 Å². The van der Waals surface area contributed by atoms with Gasteiger partial charge in [-0.05, 0) is 58.8 Å². The number of amides is 1. The molecule has 0 aromatic rings. The summed E-state index contributed by atoms with van der Waals surface area (Å²) in [5.41, 5.74) is -0.417. The van der Waals surface area contributed by atoms with Crippen molar-refractivity contribution >= 4 is 11.9 Å². The van der Waals surface area contributed by atoms with Crippen molar-refractivity contribution in [3.8, 4) is 0 Å². The van der Waals surface area contributed by atoms with Crippen molar-refractivity contribution in [1.29, 1.82) is 0 Å². The molecule has 1 aliphatic carbocycles. The van der Waals surface area contributed by atoms with Crippen LogP contribution in [0.3, 0.4) is 0 Å². The van der Waals surface area contributed by atoms with E-state index < -0.39 is 5.60 Å². The average molecular weight is 338 g/mol. The zero-order valence-corrected chi connectivity index (χ0v) is 15.8. The number of hydrogen-bond acceptors (Lipinski definition) is 3. The molecular formula is C20H35NO3. The minimum absolute atomic E-state index is 0.178. The highest BCUT2D eigenvalue weighted by Crippen LogP contribution is 2.28. The Morgan fingerprint density at radius 2 is 1.62 bits per heavy atom. The maximum atomic E-state index is 12.1. The standard InChI is InChI=1S/C20H35NO3/c1-20(2,3)24-19(23)21-14-12-16(13-15-21)8-4-7-11-18(22)17-9-5-6-10-17/h16-17H,4-15H2,1-3H3. The fourth-order valence-electron chi connectivity index (χ4n) is 3.91. The minimum Gasteiger partial charge on any atom is -0.444 e. The molecule has 0 radical (unpaired) electrons. The number of hydrogen-bond donors (Lipinski definition) is 0. The number of Topliss-reactive ketones (excluding diaryl/α,β-unsaturated/α-hetero) is 1. The summed E-state index contributed by atoms with van der Waals surface area (Å²) in [5, 5.41) is 0. The van der Waals surface area contributed by atoms with E-state index in [9.17, 15) is 9.59 Å². The second kappa shape index (κ2) is 8.87. The van der Waals surface area contributed by atoms with Gasteiger partial charge in [0.2, 0.25) is 0 Å². The van der Waals surface area contributed by atoms with Crippen molar-refractivity contribution in [1.82, 2.24) is 4.90 Å². The lowest BCUT2D eigenvalue weighted by Crippen LogP contribution is -2.41. The lowest BCUT2D eigenvalue weighted by molar-refractivity contribution is -0.122. The molecule has 4 nitrogen and oxygen atoms in total. The minimum atomic E-state index is -0.417. The Hall–Kier alpha value is -1.06. The van der Waals surface area contributed by atoms with Crippen LogP contribution in [0.1, 0.15) is 85.0 Å². The number of piperidine rings is 1. The highest BCUT2D eigenvalue weighted by molar-refractivity contribution is 5.81. The van der Waals surface area contributed by atoms with Crippen LogP contribution in [-0.4, -0.2) is 35.5 Å². The van der Waals surface area contributed by atoms with Gasteiger partial charge in [0.25, 0.3) is 0 Å². The Balaban J connectivity index is 1.56. The molecule has 0 aromatic heterocycles. The van der Waals surface area contributed by atoms with E-state index in [1.54, 1.807) is 0 Å². The zero-order chi connectivity index (χ0) is 17.6. The largest absolute Gasteiger partial charge is 0.444 e. The van der Waals surface area contributed by atoms with E-state index in [4.69, 9.17) is 4.74 Å². The van der Waals surface area contributed by atoms with Crippen molar-refractivity contribution < 1.29 is 14.3 Å². The third-order valence-corrected chi connectivity index (χ3v) is 5.36. The van der Waals surface area contributed by atoms with E-state index in [-0.39, 0.29) is 6.09 Å². The van der Waals surface area contributed by atoms with Crippen molar-refractivity contribution in [2.24, 2.45) is 11.8 Å². The monoisotopic (exact) mass is 337 g/mol. The number of ketones is 1. The molecule has 0 bridgehead atoms. The second-order valence-electron chi connectivity index (χ2n) is 8.60. The molecule has 138 valence electrons. The summed E-state index contributed by atoms with van der Waals surface area (Å²) in [6, 6.07) is 0. The number of ether oxygens (including phenoxy) is 1. The molecular weight excluding hydrogens is 302 g/mol. The third kappa shape index (κ3) is 6.45. The molecule has 1 aliphatic heterocycles. The van der Waals surface area contributed by atoms with E-state index in [1.807, 2.05) is 25.7 Å². The highest BCUT2D eigenvalue weighted by atomic mass is 16.6. The molecule has 2 rings (SSSR count). The van der Waals surface area contributed by atoms with E-state index in [0.29, 0.717) is 17.6 Å². The number of likely N-dealkylation sites (tertiary alicyclic amines) is 1. The van der Waals surface area contributed by atoms with Crippen molar-refractivity contribution in [2.45, 2.75) is 90.6 Å². The van der Waals surface area contributed by atoms with Gasteiger partial charge in [-0.3, -0.25) is 4.79 Å². The van der Waals surface area contributed by atoms with Gasteiger partial charge in [0.1, 0.15) is 11.4 Å². The predicted molar refractivity (Wildman–Crippen MR) is 96.0 cm³/mol. The van der Waals surface area contributed by atoms with Crippen LogP contribution >= 0.6 is 0 Å². The van der Waals surface area contributed by atoms with Gasteiger partial charge in [0.15, 0.2) is 0 Å². The molecule has 2 aliphatic rings. The lowest BCUT2D eigenvalue weighted by Gasteiger charge is -2.33. The first kappa shape index (κ1) is 19.3. The van der Waals surface area contributed by atoms with Crippen LogP contribution in [0, 0.1) is 11.8 Å². The molecule has 1 saturated heterocycles. The van der Waals surface area contributed by atoms with Crippen LogP contribution in [0.5, 0.6) is 0 Å². The van der Waals surface area contributed by atoms with E-state index >= 15 is 0 Å². The lowest BCUT2D eigenvalue weighted by atomic mass is 9.90. The first-order valence-corrected chi connectivity index (χ1v) is 9.86. The highest BCUT2D eigenvalue weighted by Gasteiger charge is 2.27. The summed E-state index contributed by atoms with van der Waals surface area (Å²) in [5.74, 6) is 1.58. The van der Waals surface area contributed by atoms with Crippen molar-refractivity contribution in [2.75, 3.05) is 13.1 Å². The molecule has 0 unspecified atom stereocenters. The first-order valence-electron chi connectivity index (χ1n) is 9.86. The van der Waals surface area contributed by atoms with Crippen LogP contribution in [-0.2, 0) is 9.53 Å². The summed E-state index contributed by atoms with van der Waals surface area (Å²) in [6.45, 7) is 7.33. The molecule has 0 aromatic carbocycles. The maximum Gasteiger partial charge on any atom is 0.410 e. The van der Waals surface area contributed by atoms with Crippen LogP contribution in [0.2, 0.25) is 0 Å². The fourth-order valence-corrected chi connectivity index (χ4v) is 3.91. The van der Waals surface area contributed by atoms with Gasteiger partial charge < -0.3 is 9.64 Å². The third-order valence-electron chi connectivity index (χ3n) is 5.36. The van der Waals surface area contributed by atoms with Crippen molar-refractivity contribution in [3.05, 3.63) is 0 Å². The van der Waals surface area contributed by atoms with Gasteiger partial charge in [-0.15, -0.1) is 0 Å². The summed E-state index contributed by atoms with van der Waals surface area (Å²) >= 11 is 0. The fraction of sp³-hybridized carbons (Fsp3) is 0.900. The normalized spacial score (nSPS) is 20.4. The van der Waals surface area contributed by atoms with Crippen LogP contribution in [0.25, 0.3) is 0 Å². The number of carbonyl (C=O) groups is 2. The second-order valence-corrected chi connectivity index (χ2v) is 8.60. The van der Waals surface area contributed by atoms with Crippen LogP contribution < -0.4 is 0 Å². The number of rotatable bonds is 6. The van der Waals surface area contributed by atoms with Crippen molar-refractivity contribution in [3.63, 3.8) is 0 Å². The molecule has 0 spiro atoms. The van der Waals surface area contributed by atoms with Gasteiger partial charge in [0, 0.05) is 25.4 Å². The average Bonchev–Trinajstić information content (AvgIpc) is 3.04. The summed E-state index contributed by atoms with van der Waals surface area (Å²) in [4.78, 5) is 26.0. The first-order chi connectivity index (χ1) is 11.3. The smallest absolute Gasteiger partial charge is 0.410 e. The Morgan fingerprint density at radius 1 is 1.00 bits per heavy atom. The van der Waals surface area contributed by atoms with E-state index in [0.717, 1.165) is 58.0 Å². The quantitative estimate of drug-likeness (QED) is 0.644. The molecule has 1 amide bonds. The summed E-state index contributed by atoms with van der Waals surface area (Å²) in [6.07, 6.45) is 10.9. The Labute approximate surface area is 147 Å². The van der Waals surface area contributed by atoms with Crippen LogP contribution in [0.4, 0.5) is 4.79 Å². The number of carbonyl (C=O) groups excluding carboxylic acids is 2.